The molecule has 2 atom stereocenters. The monoisotopic (exact) mass is 297 g/mol. The van der Waals surface area contributed by atoms with Crippen LogP contribution in [0.4, 0.5) is 4.39 Å². The van der Waals surface area contributed by atoms with Crippen LogP contribution in [-0.2, 0) is 4.79 Å². The van der Waals surface area contributed by atoms with Crippen molar-refractivity contribution in [2.45, 2.75) is 30.8 Å². The minimum atomic E-state index is -0.424. The number of carbonyl (C=O) groups is 1. The van der Waals surface area contributed by atoms with Gasteiger partial charge in [0.05, 0.1) is 6.10 Å². The summed E-state index contributed by atoms with van der Waals surface area (Å²) >= 11 is 1.36. The van der Waals surface area contributed by atoms with Crippen molar-refractivity contribution in [3.8, 4) is 0 Å². The summed E-state index contributed by atoms with van der Waals surface area (Å²) in [7, 11) is 0. The number of rotatable bonds is 4. The summed E-state index contributed by atoms with van der Waals surface area (Å²) in [5, 5.41) is 9.79. The highest BCUT2D eigenvalue weighted by molar-refractivity contribution is 7.99. The lowest BCUT2D eigenvalue weighted by molar-refractivity contribution is -0.134. The summed E-state index contributed by atoms with van der Waals surface area (Å²) in [5.41, 5.74) is 0. The third kappa shape index (κ3) is 3.96. The van der Waals surface area contributed by atoms with Crippen LogP contribution < -0.4 is 0 Å². The van der Waals surface area contributed by atoms with Crippen molar-refractivity contribution in [2.75, 3.05) is 18.8 Å². The quantitative estimate of drug-likeness (QED) is 0.868. The molecule has 1 aliphatic heterocycles. The smallest absolute Gasteiger partial charge is 0.223 e. The number of aliphatic hydroxyl groups is 1. The molecule has 5 heteroatoms. The fourth-order valence-corrected chi connectivity index (χ4v) is 3.12. The molecule has 2 rings (SSSR count). The number of thioether (sulfide) groups is 1. The number of amides is 1. The second kappa shape index (κ2) is 7.09. The topological polar surface area (TPSA) is 40.5 Å². The first kappa shape index (κ1) is 15.3. The third-order valence-electron chi connectivity index (χ3n) is 3.68. The number of piperidine rings is 1. The van der Waals surface area contributed by atoms with Crippen molar-refractivity contribution in [3.05, 3.63) is 30.1 Å². The number of hydrogen-bond donors (Lipinski definition) is 1. The second-order valence-corrected chi connectivity index (χ2v) is 6.34. The van der Waals surface area contributed by atoms with E-state index in [0.29, 0.717) is 30.2 Å². The first-order chi connectivity index (χ1) is 9.58. The van der Waals surface area contributed by atoms with Crippen LogP contribution in [0, 0.1) is 11.7 Å². The Morgan fingerprint density at radius 2 is 2.25 bits per heavy atom. The molecule has 1 amide bonds. The zero-order valence-corrected chi connectivity index (χ0v) is 12.4. The first-order valence-electron chi connectivity index (χ1n) is 6.91. The highest BCUT2D eigenvalue weighted by Crippen LogP contribution is 2.23. The minimum Gasteiger partial charge on any atom is -0.391 e. The number of aliphatic hydroxyl groups excluding tert-OH is 1. The van der Waals surface area contributed by atoms with E-state index >= 15 is 0 Å². The summed E-state index contributed by atoms with van der Waals surface area (Å²) in [6.07, 6.45) is 0.792. The number of benzene rings is 1. The normalized spacial score (nSPS) is 22.9. The van der Waals surface area contributed by atoms with E-state index in [0.717, 1.165) is 6.42 Å². The van der Waals surface area contributed by atoms with E-state index in [1.807, 2.05) is 6.92 Å². The number of nitrogens with zero attached hydrogens (tertiary/aromatic N) is 1. The highest BCUT2D eigenvalue weighted by atomic mass is 32.2. The van der Waals surface area contributed by atoms with E-state index in [9.17, 15) is 14.3 Å². The Bertz CT molecular complexity index is 469. The zero-order chi connectivity index (χ0) is 14.5. The third-order valence-corrected chi connectivity index (χ3v) is 4.73. The standard InChI is InChI=1S/C15H20FNO2S/c1-11-6-8-17(10-13(11)18)15(19)7-9-20-14-5-3-2-4-12(14)16/h2-5,11,13,18H,6-10H2,1H3. The Morgan fingerprint density at radius 3 is 2.95 bits per heavy atom. The molecule has 0 aliphatic carbocycles. The van der Waals surface area contributed by atoms with E-state index in [4.69, 9.17) is 0 Å². The number of carbonyl (C=O) groups excluding carboxylic acids is 1. The Hall–Kier alpha value is -1.07. The lowest BCUT2D eigenvalue weighted by Gasteiger charge is -2.34. The Morgan fingerprint density at radius 1 is 1.50 bits per heavy atom. The molecular formula is C15H20FNO2S. The fraction of sp³-hybridized carbons (Fsp3) is 0.533. The van der Waals surface area contributed by atoms with Crippen LogP contribution in [0.1, 0.15) is 19.8 Å². The van der Waals surface area contributed by atoms with Gasteiger partial charge in [-0.15, -0.1) is 11.8 Å². The Labute approximate surface area is 123 Å². The summed E-state index contributed by atoms with van der Waals surface area (Å²) in [6, 6.07) is 6.58. The molecule has 1 saturated heterocycles. The van der Waals surface area contributed by atoms with Crippen LogP contribution in [-0.4, -0.2) is 40.9 Å². The minimum absolute atomic E-state index is 0.0415. The molecular weight excluding hydrogens is 277 g/mol. The van der Waals surface area contributed by atoms with Crippen molar-refractivity contribution < 1.29 is 14.3 Å². The Balaban J connectivity index is 1.77. The lowest BCUT2D eigenvalue weighted by atomic mass is 9.96. The molecule has 20 heavy (non-hydrogen) atoms. The SMILES string of the molecule is CC1CCN(C(=O)CCSc2ccccc2F)CC1O. The van der Waals surface area contributed by atoms with E-state index in [1.54, 1.807) is 23.1 Å². The number of likely N-dealkylation sites (tertiary alicyclic amines) is 1. The molecule has 1 aliphatic rings. The molecule has 0 spiro atoms. The molecule has 0 bridgehead atoms. The zero-order valence-electron chi connectivity index (χ0n) is 11.6. The molecule has 1 N–H and O–H groups in total. The number of hydrogen-bond acceptors (Lipinski definition) is 3. The molecule has 2 unspecified atom stereocenters. The molecule has 1 fully saturated rings. The number of halogens is 1. The molecule has 3 nitrogen and oxygen atoms in total. The molecule has 0 radical (unpaired) electrons. The predicted octanol–water partition coefficient (Wildman–Crippen LogP) is 2.54. The highest BCUT2D eigenvalue weighted by Gasteiger charge is 2.26. The van der Waals surface area contributed by atoms with Crippen molar-refractivity contribution in [3.63, 3.8) is 0 Å². The average molecular weight is 297 g/mol. The van der Waals surface area contributed by atoms with Gasteiger partial charge in [0.25, 0.3) is 0 Å². The predicted molar refractivity (Wildman–Crippen MR) is 78.1 cm³/mol. The number of β-amino-alcohol motifs (C(OH)–C–C–N with tert-alkyl or cyclic N) is 1. The van der Waals surface area contributed by atoms with E-state index in [1.165, 1.54) is 17.8 Å². The van der Waals surface area contributed by atoms with Crippen molar-refractivity contribution in [2.24, 2.45) is 5.92 Å². The molecule has 0 aromatic heterocycles. The van der Waals surface area contributed by atoms with Crippen LogP contribution in [0.25, 0.3) is 0 Å². The first-order valence-corrected chi connectivity index (χ1v) is 7.89. The summed E-state index contributed by atoms with van der Waals surface area (Å²) in [5.74, 6) is 0.612. The van der Waals surface area contributed by atoms with Gasteiger partial charge in [0.1, 0.15) is 5.82 Å². The van der Waals surface area contributed by atoms with Gasteiger partial charge in [-0.3, -0.25) is 4.79 Å². The van der Waals surface area contributed by atoms with Crippen molar-refractivity contribution in [1.82, 2.24) is 4.90 Å². The summed E-state index contributed by atoms with van der Waals surface area (Å²) in [4.78, 5) is 14.3. The molecule has 0 saturated carbocycles. The van der Waals surface area contributed by atoms with Gasteiger partial charge in [-0.2, -0.15) is 0 Å². The van der Waals surface area contributed by atoms with Crippen molar-refractivity contribution in [1.29, 1.82) is 0 Å². The second-order valence-electron chi connectivity index (χ2n) is 5.20. The molecule has 1 aromatic rings. The van der Waals surface area contributed by atoms with Gasteiger partial charge in [0.2, 0.25) is 5.91 Å². The maximum atomic E-state index is 13.4. The van der Waals surface area contributed by atoms with E-state index < -0.39 is 6.10 Å². The Kier molecular flexibility index (Phi) is 5.43. The van der Waals surface area contributed by atoms with Crippen LogP contribution in [0.5, 0.6) is 0 Å². The summed E-state index contributed by atoms with van der Waals surface area (Å²) < 4.78 is 13.4. The largest absolute Gasteiger partial charge is 0.391 e. The average Bonchev–Trinajstić information content (AvgIpc) is 2.44. The lowest BCUT2D eigenvalue weighted by Crippen LogP contribution is -2.45. The van der Waals surface area contributed by atoms with Crippen molar-refractivity contribution >= 4 is 17.7 Å². The van der Waals surface area contributed by atoms with E-state index in [-0.39, 0.29) is 17.6 Å². The van der Waals surface area contributed by atoms with Crippen LogP contribution in [0.15, 0.2) is 29.2 Å². The fourth-order valence-electron chi connectivity index (χ4n) is 2.24. The van der Waals surface area contributed by atoms with Gasteiger partial charge in [0.15, 0.2) is 0 Å². The van der Waals surface area contributed by atoms with Gasteiger partial charge in [-0.1, -0.05) is 19.1 Å². The van der Waals surface area contributed by atoms with Gasteiger partial charge in [-0.25, -0.2) is 4.39 Å². The molecule has 1 heterocycles. The van der Waals surface area contributed by atoms with Crippen LogP contribution in [0.2, 0.25) is 0 Å². The van der Waals surface area contributed by atoms with Gasteiger partial charge in [-0.05, 0) is 24.5 Å². The van der Waals surface area contributed by atoms with Crippen LogP contribution >= 0.6 is 11.8 Å². The maximum absolute atomic E-state index is 13.4. The maximum Gasteiger partial charge on any atom is 0.223 e. The van der Waals surface area contributed by atoms with Gasteiger partial charge in [0, 0.05) is 30.2 Å². The van der Waals surface area contributed by atoms with Crippen LogP contribution in [0.3, 0.4) is 0 Å². The summed E-state index contributed by atoms with van der Waals surface area (Å²) in [6.45, 7) is 3.13. The van der Waals surface area contributed by atoms with Gasteiger partial charge >= 0.3 is 0 Å². The van der Waals surface area contributed by atoms with Gasteiger partial charge < -0.3 is 10.0 Å². The van der Waals surface area contributed by atoms with E-state index in [2.05, 4.69) is 0 Å². The molecule has 1 aromatic carbocycles. The molecule has 110 valence electrons.